The van der Waals surface area contributed by atoms with E-state index in [1.54, 1.807) is 11.3 Å². The normalized spacial score (nSPS) is 10.8. The van der Waals surface area contributed by atoms with Crippen LogP contribution >= 0.6 is 11.3 Å². The number of rotatable bonds is 3. The summed E-state index contributed by atoms with van der Waals surface area (Å²) in [5.41, 5.74) is 2.57. The molecule has 2 aromatic heterocycles. The smallest absolute Gasteiger partial charge is 0.254 e. The largest absolute Gasteiger partial charge is 0.310 e. The lowest BCUT2D eigenvalue weighted by atomic mass is 10.2. The Balaban J connectivity index is 2.32. The average molecular weight is 249 g/mol. The van der Waals surface area contributed by atoms with Crippen molar-refractivity contribution < 1.29 is 0 Å². The zero-order chi connectivity index (χ0) is 12.4. The van der Waals surface area contributed by atoms with Crippen molar-refractivity contribution in [1.82, 2.24) is 15.0 Å². The van der Waals surface area contributed by atoms with Crippen molar-refractivity contribution in [1.29, 1.82) is 0 Å². The molecule has 0 atom stereocenters. The fourth-order valence-corrected chi connectivity index (χ4v) is 2.57. The molecule has 0 saturated carbocycles. The first kappa shape index (κ1) is 12.0. The van der Waals surface area contributed by atoms with Gasteiger partial charge in [-0.05, 0) is 20.3 Å². The Hall–Kier alpha value is -1.49. The Labute approximate surface area is 104 Å². The van der Waals surface area contributed by atoms with Gasteiger partial charge in [0.15, 0.2) is 0 Å². The van der Waals surface area contributed by atoms with Gasteiger partial charge in [0, 0.05) is 22.3 Å². The minimum atomic E-state index is -0.0247. The van der Waals surface area contributed by atoms with Gasteiger partial charge in [-0.2, -0.15) is 0 Å². The van der Waals surface area contributed by atoms with Crippen molar-refractivity contribution in [3.8, 4) is 0 Å². The summed E-state index contributed by atoms with van der Waals surface area (Å²) >= 11 is 1.59. The molecule has 1 N–H and O–H groups in total. The molecule has 0 amide bonds. The van der Waals surface area contributed by atoms with E-state index >= 15 is 0 Å². The first-order chi connectivity index (χ1) is 8.10. The zero-order valence-corrected chi connectivity index (χ0v) is 11.0. The molecule has 90 valence electrons. The number of hydrogen-bond acceptors (Lipinski definition) is 4. The lowest BCUT2D eigenvalue weighted by Gasteiger charge is -2.04. The maximum atomic E-state index is 11.8. The lowest BCUT2D eigenvalue weighted by molar-refractivity contribution is 0.873. The highest BCUT2D eigenvalue weighted by molar-refractivity contribution is 7.09. The van der Waals surface area contributed by atoms with E-state index in [4.69, 9.17) is 0 Å². The Bertz CT molecular complexity index is 586. The zero-order valence-electron chi connectivity index (χ0n) is 10.2. The van der Waals surface area contributed by atoms with Crippen LogP contribution in [0.5, 0.6) is 0 Å². The van der Waals surface area contributed by atoms with Crippen LogP contribution in [-0.4, -0.2) is 15.0 Å². The molecule has 0 saturated heterocycles. The summed E-state index contributed by atoms with van der Waals surface area (Å²) in [6, 6.07) is 0. The second-order valence-electron chi connectivity index (χ2n) is 3.99. The molecular formula is C12H15N3OS. The fraction of sp³-hybridized carbons (Fsp3) is 0.417. The molecule has 4 nitrogen and oxygen atoms in total. The quantitative estimate of drug-likeness (QED) is 0.905. The van der Waals surface area contributed by atoms with E-state index in [0.29, 0.717) is 18.7 Å². The molecular weight excluding hydrogens is 234 g/mol. The van der Waals surface area contributed by atoms with E-state index in [1.807, 2.05) is 26.2 Å². The van der Waals surface area contributed by atoms with Crippen LogP contribution in [0.3, 0.4) is 0 Å². The number of H-pyrrole nitrogens is 1. The molecule has 2 heterocycles. The minimum Gasteiger partial charge on any atom is -0.310 e. The summed E-state index contributed by atoms with van der Waals surface area (Å²) in [5.74, 6) is 0.694. The van der Waals surface area contributed by atoms with Gasteiger partial charge in [0.25, 0.3) is 5.56 Å². The maximum absolute atomic E-state index is 11.8. The summed E-state index contributed by atoms with van der Waals surface area (Å²) < 4.78 is 0. The summed E-state index contributed by atoms with van der Waals surface area (Å²) in [4.78, 5) is 23.4. The highest BCUT2D eigenvalue weighted by Crippen LogP contribution is 2.12. The Kier molecular flexibility index (Phi) is 3.38. The molecule has 0 aliphatic rings. The molecule has 0 unspecified atom stereocenters. The number of thiazole rings is 1. The van der Waals surface area contributed by atoms with Gasteiger partial charge in [-0.15, -0.1) is 11.3 Å². The molecule has 2 rings (SSSR count). The van der Waals surface area contributed by atoms with Gasteiger partial charge in [-0.3, -0.25) is 4.79 Å². The minimum absolute atomic E-state index is 0.0247. The van der Waals surface area contributed by atoms with E-state index < -0.39 is 0 Å². The Morgan fingerprint density at radius 3 is 2.65 bits per heavy atom. The molecule has 0 spiro atoms. The molecule has 0 aliphatic heterocycles. The number of aromatic amines is 1. The molecule has 0 fully saturated rings. The summed E-state index contributed by atoms with van der Waals surface area (Å²) in [7, 11) is 0. The fourth-order valence-electron chi connectivity index (χ4n) is 1.80. The van der Waals surface area contributed by atoms with E-state index in [0.717, 1.165) is 22.0 Å². The number of aromatic nitrogens is 3. The SMILES string of the molecule is CCc1c(C)nc(Cc2nc(C)cs2)[nH]c1=O. The third kappa shape index (κ3) is 2.61. The summed E-state index contributed by atoms with van der Waals surface area (Å²) in [6.45, 7) is 5.80. The van der Waals surface area contributed by atoms with Crippen LogP contribution < -0.4 is 5.56 Å². The van der Waals surface area contributed by atoms with Gasteiger partial charge in [0.1, 0.15) is 10.8 Å². The van der Waals surface area contributed by atoms with E-state index in [1.165, 1.54) is 0 Å². The molecule has 0 aromatic carbocycles. The monoisotopic (exact) mass is 249 g/mol. The summed E-state index contributed by atoms with van der Waals surface area (Å²) in [5, 5.41) is 2.98. The molecule has 17 heavy (non-hydrogen) atoms. The van der Waals surface area contributed by atoms with Gasteiger partial charge in [0.2, 0.25) is 0 Å². The lowest BCUT2D eigenvalue weighted by Crippen LogP contribution is -2.18. The van der Waals surface area contributed by atoms with E-state index in [2.05, 4.69) is 15.0 Å². The van der Waals surface area contributed by atoms with Gasteiger partial charge in [0.05, 0.1) is 6.42 Å². The van der Waals surface area contributed by atoms with Crippen LogP contribution in [0.1, 0.15) is 34.7 Å². The molecule has 5 heteroatoms. The maximum Gasteiger partial charge on any atom is 0.254 e. The molecule has 0 bridgehead atoms. The van der Waals surface area contributed by atoms with Crippen molar-refractivity contribution in [2.45, 2.75) is 33.6 Å². The predicted molar refractivity (Wildman–Crippen MR) is 68.6 cm³/mol. The van der Waals surface area contributed by atoms with Crippen molar-refractivity contribution in [2.24, 2.45) is 0 Å². The van der Waals surface area contributed by atoms with Gasteiger partial charge < -0.3 is 4.98 Å². The first-order valence-corrected chi connectivity index (χ1v) is 6.47. The highest BCUT2D eigenvalue weighted by atomic mass is 32.1. The standard InChI is InChI=1S/C12H15N3OS/c1-4-9-8(3)14-10(15-12(9)16)5-11-13-7(2)6-17-11/h6H,4-5H2,1-3H3,(H,14,15,16). The first-order valence-electron chi connectivity index (χ1n) is 5.59. The molecule has 0 aliphatic carbocycles. The van der Waals surface area contributed by atoms with Gasteiger partial charge in [-0.1, -0.05) is 6.92 Å². The number of nitrogens with one attached hydrogen (secondary N) is 1. The number of aryl methyl sites for hydroxylation is 2. The second kappa shape index (κ2) is 4.79. The number of nitrogens with zero attached hydrogens (tertiary/aromatic N) is 2. The van der Waals surface area contributed by atoms with Gasteiger partial charge in [-0.25, -0.2) is 9.97 Å². The number of hydrogen-bond donors (Lipinski definition) is 1. The second-order valence-corrected chi connectivity index (χ2v) is 4.93. The van der Waals surface area contributed by atoms with Crippen molar-refractivity contribution in [3.63, 3.8) is 0 Å². The molecule has 2 aromatic rings. The average Bonchev–Trinajstić information content (AvgIpc) is 2.63. The third-order valence-corrected chi connectivity index (χ3v) is 3.58. The van der Waals surface area contributed by atoms with E-state index in [9.17, 15) is 4.79 Å². The van der Waals surface area contributed by atoms with Crippen LogP contribution in [0, 0.1) is 13.8 Å². The van der Waals surface area contributed by atoms with Crippen molar-refractivity contribution in [3.05, 3.63) is 43.5 Å². The Morgan fingerprint density at radius 2 is 2.12 bits per heavy atom. The third-order valence-electron chi connectivity index (χ3n) is 2.61. The van der Waals surface area contributed by atoms with Crippen LogP contribution in [0.2, 0.25) is 0 Å². The van der Waals surface area contributed by atoms with Gasteiger partial charge >= 0.3 is 0 Å². The van der Waals surface area contributed by atoms with Crippen LogP contribution in [0.15, 0.2) is 10.2 Å². The van der Waals surface area contributed by atoms with Crippen LogP contribution in [-0.2, 0) is 12.8 Å². The Morgan fingerprint density at radius 1 is 1.35 bits per heavy atom. The van der Waals surface area contributed by atoms with Crippen molar-refractivity contribution >= 4 is 11.3 Å². The topological polar surface area (TPSA) is 58.6 Å². The van der Waals surface area contributed by atoms with Crippen LogP contribution in [0.25, 0.3) is 0 Å². The highest BCUT2D eigenvalue weighted by Gasteiger charge is 2.08. The summed E-state index contributed by atoms with van der Waals surface area (Å²) in [6.07, 6.45) is 1.31. The van der Waals surface area contributed by atoms with Crippen LogP contribution in [0.4, 0.5) is 0 Å². The molecule has 0 radical (unpaired) electrons. The van der Waals surface area contributed by atoms with E-state index in [-0.39, 0.29) is 5.56 Å². The van der Waals surface area contributed by atoms with Crippen molar-refractivity contribution in [2.75, 3.05) is 0 Å². The predicted octanol–water partition coefficient (Wildman–Crippen LogP) is 2.00.